The Morgan fingerprint density at radius 3 is 2.67 bits per heavy atom. The van der Waals surface area contributed by atoms with E-state index in [1.54, 1.807) is 49.6 Å². The molecule has 0 aromatic heterocycles. The molecule has 0 radical (unpaired) electrons. The first-order chi connectivity index (χ1) is 19.4. The number of rotatable bonds is 8. The number of ether oxygens (including phenoxy) is 3. The number of aryl methyl sites for hydroxylation is 1. The molecule has 202 valence electrons. The number of fused-ring (bicyclic) bond motifs is 1. The molecule has 1 atom stereocenters. The minimum Gasteiger partial charge on any atom is -0.497 e. The molecule has 2 aliphatic rings. The van der Waals surface area contributed by atoms with Crippen molar-refractivity contribution in [2.75, 3.05) is 19.0 Å². The number of urea groups is 1. The quantitative estimate of drug-likeness (QED) is 0.370. The lowest BCUT2D eigenvalue weighted by Gasteiger charge is -2.30. The third-order valence-corrected chi connectivity index (χ3v) is 6.57. The molecule has 0 fully saturated rings. The second kappa shape index (κ2) is 11.6. The molecular weight excluding hydrogens is 512 g/mol. The van der Waals surface area contributed by atoms with Crippen LogP contribution in [0.2, 0.25) is 0 Å². The smallest absolute Gasteiger partial charge is 0.338 e. The van der Waals surface area contributed by atoms with Gasteiger partial charge in [-0.05, 0) is 65.9 Å². The van der Waals surface area contributed by atoms with Crippen LogP contribution < -0.4 is 25.4 Å². The van der Waals surface area contributed by atoms with Crippen molar-refractivity contribution in [3.05, 3.63) is 100 Å². The van der Waals surface area contributed by atoms with E-state index >= 15 is 0 Å². The van der Waals surface area contributed by atoms with Gasteiger partial charge in [0.1, 0.15) is 18.1 Å². The van der Waals surface area contributed by atoms with Crippen LogP contribution in [0.25, 0.3) is 0 Å². The Kier molecular flexibility index (Phi) is 7.64. The van der Waals surface area contributed by atoms with Crippen molar-refractivity contribution in [2.45, 2.75) is 25.5 Å². The van der Waals surface area contributed by atoms with Gasteiger partial charge in [-0.25, -0.2) is 9.59 Å². The molecule has 40 heavy (non-hydrogen) atoms. The fourth-order valence-corrected chi connectivity index (χ4v) is 4.64. The summed E-state index contributed by atoms with van der Waals surface area (Å²) in [5.74, 6) is 0.273. The molecule has 1 unspecified atom stereocenters. The van der Waals surface area contributed by atoms with Gasteiger partial charge in [0.15, 0.2) is 6.61 Å². The number of carbonyl (C=O) groups excluding carboxylic acids is 3. The Labute approximate surface area is 230 Å². The molecule has 2 aliphatic heterocycles. The zero-order valence-electron chi connectivity index (χ0n) is 21.7. The number of nitrogens with one attached hydrogen (secondary N) is 3. The standard InChI is InChI=1S/C30H26N4O6/c1-38-22-7-3-4-18(13-22)8-10-23-27(29(36)40-16-20-6-2-5-19(12-20)15-31)28(34-30(37)33-23)21-9-11-25-24(14-21)32-26(35)17-39-25/h2-7,9,11-14,28H,8,10,16-17H2,1H3,(H,32,35)(H2,33,34,37). The van der Waals surface area contributed by atoms with Crippen molar-refractivity contribution in [3.8, 4) is 17.6 Å². The van der Waals surface area contributed by atoms with Crippen LogP contribution >= 0.6 is 0 Å². The number of hydrogen-bond donors (Lipinski definition) is 3. The Morgan fingerprint density at radius 1 is 1.02 bits per heavy atom. The maximum atomic E-state index is 13.6. The fraction of sp³-hybridized carbons (Fsp3) is 0.200. The van der Waals surface area contributed by atoms with Gasteiger partial charge < -0.3 is 30.2 Å². The number of nitrogens with zero attached hydrogens (tertiary/aromatic N) is 1. The van der Waals surface area contributed by atoms with E-state index in [9.17, 15) is 19.6 Å². The van der Waals surface area contributed by atoms with Crippen LogP contribution in [0.1, 0.15) is 34.7 Å². The highest BCUT2D eigenvalue weighted by Gasteiger charge is 2.34. The first kappa shape index (κ1) is 26.3. The van der Waals surface area contributed by atoms with Gasteiger partial charge in [0.2, 0.25) is 0 Å². The Bertz CT molecular complexity index is 1560. The molecule has 10 heteroatoms. The van der Waals surface area contributed by atoms with Gasteiger partial charge in [0.25, 0.3) is 5.91 Å². The normalized spacial score (nSPS) is 15.9. The summed E-state index contributed by atoms with van der Waals surface area (Å²) < 4.78 is 16.5. The number of methoxy groups -OCH3 is 1. The SMILES string of the molecule is COc1cccc(CCC2=C(C(=O)OCc3cccc(C#N)c3)C(c3ccc4c(c3)NC(=O)CO4)NC(=O)N2)c1. The molecule has 0 bridgehead atoms. The van der Waals surface area contributed by atoms with Gasteiger partial charge in [0.05, 0.1) is 36.0 Å². The molecule has 3 aromatic rings. The Morgan fingerprint density at radius 2 is 1.85 bits per heavy atom. The number of carbonyl (C=O) groups is 3. The third-order valence-electron chi connectivity index (χ3n) is 6.57. The van der Waals surface area contributed by atoms with Crippen LogP contribution in [0.3, 0.4) is 0 Å². The first-order valence-corrected chi connectivity index (χ1v) is 12.6. The fourth-order valence-electron chi connectivity index (χ4n) is 4.64. The number of esters is 1. The number of allylic oxidation sites excluding steroid dienone is 1. The van der Waals surface area contributed by atoms with Crippen molar-refractivity contribution in [3.63, 3.8) is 0 Å². The summed E-state index contributed by atoms with van der Waals surface area (Å²) in [6.45, 7) is -0.148. The molecular formula is C30H26N4O6. The maximum Gasteiger partial charge on any atom is 0.338 e. The van der Waals surface area contributed by atoms with E-state index in [1.807, 2.05) is 24.3 Å². The summed E-state index contributed by atoms with van der Waals surface area (Å²) in [6, 6.07) is 20.2. The maximum absolute atomic E-state index is 13.6. The highest BCUT2D eigenvalue weighted by molar-refractivity contribution is 5.97. The molecule has 0 spiro atoms. The zero-order valence-corrected chi connectivity index (χ0v) is 21.7. The van der Waals surface area contributed by atoms with E-state index in [0.717, 1.165) is 5.56 Å². The predicted octanol–water partition coefficient (Wildman–Crippen LogP) is 3.88. The van der Waals surface area contributed by atoms with Crippen molar-refractivity contribution < 1.29 is 28.6 Å². The summed E-state index contributed by atoms with van der Waals surface area (Å²) in [5, 5.41) is 17.6. The van der Waals surface area contributed by atoms with Crippen molar-refractivity contribution in [1.29, 1.82) is 5.26 Å². The van der Waals surface area contributed by atoms with Crippen molar-refractivity contribution in [2.24, 2.45) is 0 Å². The van der Waals surface area contributed by atoms with Crippen molar-refractivity contribution in [1.82, 2.24) is 10.6 Å². The van der Waals surface area contributed by atoms with E-state index in [0.29, 0.717) is 52.4 Å². The second-order valence-corrected chi connectivity index (χ2v) is 9.26. The van der Waals surface area contributed by atoms with Gasteiger partial charge in [-0.2, -0.15) is 5.26 Å². The van der Waals surface area contributed by atoms with Crippen LogP contribution in [0, 0.1) is 11.3 Å². The molecule has 0 saturated heterocycles. The summed E-state index contributed by atoms with van der Waals surface area (Å²) in [4.78, 5) is 38.3. The highest BCUT2D eigenvalue weighted by Crippen LogP contribution is 2.35. The second-order valence-electron chi connectivity index (χ2n) is 9.26. The van der Waals surface area contributed by atoms with Gasteiger partial charge in [0, 0.05) is 5.70 Å². The third kappa shape index (κ3) is 5.89. The number of benzene rings is 3. The lowest BCUT2D eigenvalue weighted by Crippen LogP contribution is -2.46. The molecule has 2 heterocycles. The van der Waals surface area contributed by atoms with Gasteiger partial charge in [-0.3, -0.25) is 4.79 Å². The van der Waals surface area contributed by atoms with Gasteiger partial charge >= 0.3 is 12.0 Å². The molecule has 3 aromatic carbocycles. The molecule has 3 N–H and O–H groups in total. The average Bonchev–Trinajstić information content (AvgIpc) is 2.98. The minimum absolute atomic E-state index is 0.0598. The topological polar surface area (TPSA) is 139 Å². The van der Waals surface area contributed by atoms with Crippen LogP contribution in [0.15, 0.2) is 78.0 Å². The molecule has 10 nitrogen and oxygen atoms in total. The largest absolute Gasteiger partial charge is 0.497 e. The lowest BCUT2D eigenvalue weighted by atomic mass is 9.92. The summed E-state index contributed by atoms with van der Waals surface area (Å²) in [5.41, 5.74) is 3.74. The van der Waals surface area contributed by atoms with E-state index in [4.69, 9.17) is 14.2 Å². The van der Waals surface area contributed by atoms with Gasteiger partial charge in [-0.1, -0.05) is 30.3 Å². The van der Waals surface area contributed by atoms with Crippen LogP contribution in [0.4, 0.5) is 10.5 Å². The minimum atomic E-state index is -0.851. The van der Waals surface area contributed by atoms with E-state index in [2.05, 4.69) is 22.0 Å². The summed E-state index contributed by atoms with van der Waals surface area (Å²) in [7, 11) is 1.59. The van der Waals surface area contributed by atoms with Crippen LogP contribution in [-0.4, -0.2) is 31.6 Å². The van der Waals surface area contributed by atoms with Crippen LogP contribution in [0.5, 0.6) is 11.5 Å². The number of amides is 3. The Hall–Kier alpha value is -5.30. The molecule has 0 saturated carbocycles. The lowest BCUT2D eigenvalue weighted by molar-refractivity contribution is -0.140. The number of nitriles is 1. The molecule has 0 aliphatic carbocycles. The summed E-state index contributed by atoms with van der Waals surface area (Å²) >= 11 is 0. The van der Waals surface area contributed by atoms with Crippen molar-refractivity contribution >= 4 is 23.6 Å². The Balaban J connectivity index is 1.48. The molecule has 3 amide bonds. The first-order valence-electron chi connectivity index (χ1n) is 12.6. The monoisotopic (exact) mass is 538 g/mol. The van der Waals surface area contributed by atoms with E-state index in [-0.39, 0.29) is 24.7 Å². The van der Waals surface area contributed by atoms with Gasteiger partial charge in [-0.15, -0.1) is 0 Å². The van der Waals surface area contributed by atoms with E-state index < -0.39 is 18.0 Å². The predicted molar refractivity (Wildman–Crippen MR) is 144 cm³/mol. The van der Waals surface area contributed by atoms with E-state index in [1.165, 1.54) is 0 Å². The highest BCUT2D eigenvalue weighted by atomic mass is 16.5. The summed E-state index contributed by atoms with van der Waals surface area (Å²) in [6.07, 6.45) is 0.866. The number of anilines is 1. The molecule has 5 rings (SSSR count). The average molecular weight is 539 g/mol. The number of hydrogen-bond acceptors (Lipinski definition) is 7. The zero-order chi connectivity index (χ0) is 28.1. The van der Waals surface area contributed by atoms with Crippen LogP contribution in [-0.2, 0) is 27.4 Å².